The summed E-state index contributed by atoms with van der Waals surface area (Å²) >= 11 is 6.11. The van der Waals surface area contributed by atoms with Crippen LogP contribution in [0.3, 0.4) is 0 Å². The average molecular weight is 408 g/mol. The molecular weight excluding hydrogens is 394 g/mol. The summed E-state index contributed by atoms with van der Waals surface area (Å²) < 4.78 is 37.7. The van der Waals surface area contributed by atoms with Crippen molar-refractivity contribution in [1.82, 2.24) is 0 Å². The van der Waals surface area contributed by atoms with Gasteiger partial charge in [0.1, 0.15) is 0 Å². The number of nitrogens with one attached hydrogen (secondary N) is 1. The lowest BCUT2D eigenvalue weighted by Gasteiger charge is -2.07. The summed E-state index contributed by atoms with van der Waals surface area (Å²) in [6, 6.07) is 14.0. The quantitative estimate of drug-likeness (QED) is 0.618. The van der Waals surface area contributed by atoms with Gasteiger partial charge in [0.05, 0.1) is 9.92 Å². The summed E-state index contributed by atoms with van der Waals surface area (Å²) in [5, 5.41) is 10.7. The van der Waals surface area contributed by atoms with Crippen molar-refractivity contribution in [3.05, 3.63) is 59.6 Å². The highest BCUT2D eigenvalue weighted by Crippen LogP contribution is 2.48. The van der Waals surface area contributed by atoms with Gasteiger partial charge in [-0.1, -0.05) is 41.9 Å². The Kier molecular flexibility index (Phi) is 5.11. The van der Waals surface area contributed by atoms with Crippen LogP contribution in [0.15, 0.2) is 63.9 Å². The van der Waals surface area contributed by atoms with E-state index in [1.165, 1.54) is 12.1 Å². The summed E-state index contributed by atoms with van der Waals surface area (Å²) in [4.78, 5) is 11.4. The molecule has 3 aromatic rings. The first-order chi connectivity index (χ1) is 12.8. The number of halogens is 1. The first-order valence-corrected chi connectivity index (χ1v) is 9.52. The normalized spacial score (nSPS) is 11.2. The molecule has 0 bridgehead atoms. The zero-order valence-corrected chi connectivity index (χ0v) is 15.5. The van der Waals surface area contributed by atoms with Gasteiger partial charge in [-0.25, -0.2) is 13.1 Å². The van der Waals surface area contributed by atoms with E-state index in [4.69, 9.17) is 20.8 Å². The maximum atomic E-state index is 12.5. The molecule has 2 N–H and O–H groups in total. The van der Waals surface area contributed by atoms with Crippen molar-refractivity contribution in [3.63, 3.8) is 0 Å². The summed E-state index contributed by atoms with van der Waals surface area (Å²) in [7, 11) is -4.05. The summed E-state index contributed by atoms with van der Waals surface area (Å²) in [5.41, 5.74) is 0.301. The van der Waals surface area contributed by atoms with E-state index in [2.05, 4.69) is 4.72 Å². The zero-order chi connectivity index (χ0) is 19.6. The van der Waals surface area contributed by atoms with E-state index in [-0.39, 0.29) is 15.7 Å². The number of ether oxygens (including phenoxy) is 1. The van der Waals surface area contributed by atoms with Crippen LogP contribution in [0.5, 0.6) is 11.5 Å². The lowest BCUT2D eigenvalue weighted by Crippen LogP contribution is -2.13. The SMILES string of the molecule is CC(=O)Oc1c(NS(=O)(=O)c2ccccc2)oc(-c2ccccc2Cl)c1O. The van der Waals surface area contributed by atoms with Gasteiger partial charge in [-0.3, -0.25) is 4.79 Å². The van der Waals surface area contributed by atoms with Crippen LogP contribution < -0.4 is 9.46 Å². The van der Waals surface area contributed by atoms with Crippen LogP contribution >= 0.6 is 11.6 Å². The molecule has 1 aromatic heterocycles. The van der Waals surface area contributed by atoms with Gasteiger partial charge < -0.3 is 14.3 Å². The van der Waals surface area contributed by atoms with Crippen LogP contribution in [0.25, 0.3) is 11.3 Å². The van der Waals surface area contributed by atoms with Gasteiger partial charge in [0.2, 0.25) is 11.5 Å². The predicted molar refractivity (Wildman–Crippen MR) is 99.4 cm³/mol. The Hall–Kier alpha value is -2.97. The van der Waals surface area contributed by atoms with Gasteiger partial charge in [0.25, 0.3) is 15.9 Å². The molecule has 27 heavy (non-hydrogen) atoms. The second-order valence-electron chi connectivity index (χ2n) is 5.43. The van der Waals surface area contributed by atoms with Gasteiger partial charge >= 0.3 is 5.97 Å². The lowest BCUT2D eigenvalue weighted by atomic mass is 10.1. The number of rotatable bonds is 5. The first kappa shape index (κ1) is 18.8. The number of hydrogen-bond donors (Lipinski definition) is 2. The van der Waals surface area contributed by atoms with E-state index in [9.17, 15) is 18.3 Å². The fraction of sp³-hybridized carbons (Fsp3) is 0.0556. The van der Waals surface area contributed by atoms with E-state index in [0.29, 0.717) is 5.56 Å². The molecule has 0 aliphatic carbocycles. The molecule has 0 unspecified atom stereocenters. The van der Waals surface area contributed by atoms with Gasteiger partial charge in [0.15, 0.2) is 5.76 Å². The third kappa shape index (κ3) is 3.91. The molecule has 0 fully saturated rings. The molecular formula is C18H14ClNO6S. The van der Waals surface area contributed by atoms with Crippen molar-refractivity contribution in [2.75, 3.05) is 4.72 Å². The molecule has 0 atom stereocenters. The fourth-order valence-electron chi connectivity index (χ4n) is 2.32. The second-order valence-corrected chi connectivity index (χ2v) is 7.52. The Bertz CT molecular complexity index is 1090. The third-order valence-corrected chi connectivity index (χ3v) is 5.16. The number of hydrogen-bond acceptors (Lipinski definition) is 6. The number of carbonyl (C=O) groups excluding carboxylic acids is 1. The van der Waals surface area contributed by atoms with E-state index < -0.39 is 33.4 Å². The second kappa shape index (κ2) is 7.34. The Balaban J connectivity index is 2.11. The van der Waals surface area contributed by atoms with E-state index in [1.54, 1.807) is 42.5 Å². The van der Waals surface area contributed by atoms with Crippen LogP contribution in [0.4, 0.5) is 5.88 Å². The van der Waals surface area contributed by atoms with Crippen LogP contribution in [0.1, 0.15) is 6.92 Å². The summed E-state index contributed by atoms with van der Waals surface area (Å²) in [5.74, 6) is -2.35. The monoisotopic (exact) mass is 407 g/mol. The van der Waals surface area contributed by atoms with Crippen LogP contribution in [0.2, 0.25) is 5.02 Å². The smallest absolute Gasteiger partial charge is 0.308 e. The molecule has 140 valence electrons. The van der Waals surface area contributed by atoms with Crippen molar-refractivity contribution >= 4 is 33.5 Å². The maximum absolute atomic E-state index is 12.5. The zero-order valence-electron chi connectivity index (χ0n) is 14.0. The number of aromatic hydroxyl groups is 1. The fourth-order valence-corrected chi connectivity index (χ4v) is 3.55. The topological polar surface area (TPSA) is 106 Å². The van der Waals surface area contributed by atoms with Gasteiger partial charge in [0, 0.05) is 12.5 Å². The number of anilines is 1. The highest BCUT2D eigenvalue weighted by atomic mass is 35.5. The minimum atomic E-state index is -4.05. The van der Waals surface area contributed by atoms with Crippen LogP contribution in [-0.4, -0.2) is 19.5 Å². The first-order valence-electron chi connectivity index (χ1n) is 7.66. The Labute approximate surface area is 160 Å². The van der Waals surface area contributed by atoms with Crippen molar-refractivity contribution < 1.29 is 27.5 Å². The van der Waals surface area contributed by atoms with Crippen molar-refractivity contribution in [3.8, 4) is 22.8 Å². The minimum absolute atomic E-state index is 0.0334. The number of furan rings is 1. The molecule has 0 aliphatic heterocycles. The summed E-state index contributed by atoms with van der Waals surface area (Å²) in [6.45, 7) is 1.11. The van der Waals surface area contributed by atoms with Crippen molar-refractivity contribution in [1.29, 1.82) is 0 Å². The number of benzene rings is 2. The molecule has 2 aromatic carbocycles. The number of esters is 1. The highest BCUT2D eigenvalue weighted by Gasteiger charge is 2.28. The van der Waals surface area contributed by atoms with E-state index in [1.807, 2.05) is 0 Å². The predicted octanol–water partition coefficient (Wildman–Crippen LogP) is 4.03. The average Bonchev–Trinajstić information content (AvgIpc) is 2.91. The Morgan fingerprint density at radius 2 is 1.74 bits per heavy atom. The molecule has 0 saturated heterocycles. The van der Waals surface area contributed by atoms with E-state index in [0.717, 1.165) is 6.92 Å². The Morgan fingerprint density at radius 1 is 1.11 bits per heavy atom. The third-order valence-electron chi connectivity index (χ3n) is 3.49. The van der Waals surface area contributed by atoms with Gasteiger partial charge in [-0.2, -0.15) is 0 Å². The van der Waals surface area contributed by atoms with Crippen LogP contribution in [0, 0.1) is 0 Å². The number of carbonyl (C=O) groups is 1. The minimum Gasteiger partial charge on any atom is -0.502 e. The maximum Gasteiger partial charge on any atom is 0.308 e. The lowest BCUT2D eigenvalue weighted by molar-refractivity contribution is -0.131. The molecule has 1 heterocycles. The molecule has 9 heteroatoms. The highest BCUT2D eigenvalue weighted by molar-refractivity contribution is 7.92. The molecule has 0 radical (unpaired) electrons. The standard InChI is InChI=1S/C18H14ClNO6S/c1-11(21)25-17-15(22)16(13-9-5-6-10-14(13)19)26-18(17)20-27(23,24)12-7-3-2-4-8-12/h2-10,20,22H,1H3. The van der Waals surface area contributed by atoms with Crippen molar-refractivity contribution in [2.45, 2.75) is 11.8 Å². The molecule has 3 rings (SSSR count). The molecule has 0 saturated carbocycles. The molecule has 0 amide bonds. The molecule has 0 spiro atoms. The van der Waals surface area contributed by atoms with Gasteiger partial charge in [-0.05, 0) is 24.3 Å². The largest absolute Gasteiger partial charge is 0.502 e. The Morgan fingerprint density at radius 3 is 2.37 bits per heavy atom. The van der Waals surface area contributed by atoms with Crippen molar-refractivity contribution in [2.24, 2.45) is 0 Å². The summed E-state index contributed by atoms with van der Waals surface area (Å²) in [6.07, 6.45) is 0. The molecule has 7 nitrogen and oxygen atoms in total. The van der Waals surface area contributed by atoms with Gasteiger partial charge in [-0.15, -0.1) is 0 Å². The van der Waals surface area contributed by atoms with E-state index >= 15 is 0 Å². The van der Waals surface area contributed by atoms with Crippen LogP contribution in [-0.2, 0) is 14.8 Å². The number of sulfonamides is 1. The molecule has 0 aliphatic rings.